The molecule has 1 aliphatic rings. The summed E-state index contributed by atoms with van der Waals surface area (Å²) in [6.07, 6.45) is 10.1. The van der Waals surface area contributed by atoms with E-state index in [4.69, 9.17) is 16.5 Å². The molecular weight excluding hydrogens is 250 g/mol. The number of hydrogen-bond donors (Lipinski definition) is 1. The van der Waals surface area contributed by atoms with Crippen molar-refractivity contribution >= 4 is 11.8 Å². The van der Waals surface area contributed by atoms with Gasteiger partial charge in [0.1, 0.15) is 12.6 Å². The monoisotopic (exact) mass is 278 g/mol. The zero-order valence-electron chi connectivity index (χ0n) is 11.9. The highest BCUT2D eigenvalue weighted by Gasteiger charge is 2.20. The van der Waals surface area contributed by atoms with E-state index < -0.39 is 6.10 Å². The maximum Gasteiger partial charge on any atom is 0.164 e. The fraction of sp³-hybridized carbons (Fsp3) is 1.00. The number of aliphatic hydroxyl groups is 1. The Morgan fingerprint density at radius 2 is 1.61 bits per heavy atom. The molecule has 0 amide bonds. The third-order valence-corrected chi connectivity index (χ3v) is 3.61. The molecule has 18 heavy (non-hydrogen) atoms. The second kappa shape index (κ2) is 8.36. The Morgan fingerprint density at radius 3 is 2.11 bits per heavy atom. The van der Waals surface area contributed by atoms with Crippen LogP contribution in [0.3, 0.4) is 0 Å². The van der Waals surface area contributed by atoms with Crippen LogP contribution in [-0.2, 0) is 4.74 Å². The number of hydrogen-bond acceptors (Lipinski definition) is 2. The number of rotatable bonds is 5. The Hall–Kier alpha value is 0.170. The molecule has 1 rings (SSSR count). The average Bonchev–Trinajstić information content (AvgIpc) is 2.37. The van der Waals surface area contributed by atoms with Gasteiger partial charge in [-0.15, -0.1) is 0 Å². The van der Waals surface area contributed by atoms with Gasteiger partial charge in [-0.1, -0.05) is 38.5 Å². The molecule has 1 unspecified atom stereocenters. The van der Waals surface area contributed by atoms with E-state index in [1.165, 1.54) is 38.5 Å². The van der Waals surface area contributed by atoms with E-state index in [0.29, 0.717) is 19.3 Å². The molecule has 1 N–H and O–H groups in total. The highest BCUT2D eigenvalue weighted by molar-refractivity contribution is 6.06. The maximum atomic E-state index is 9.87. The molecule has 0 heterocycles. The molecule has 1 atom stereocenters. The smallest absolute Gasteiger partial charge is 0.164 e. The average molecular weight is 279 g/mol. The first-order valence-corrected chi connectivity index (χ1v) is 7.63. The van der Waals surface area contributed by atoms with E-state index in [1.54, 1.807) is 0 Å². The summed E-state index contributed by atoms with van der Waals surface area (Å²) < 4.78 is 6.12. The minimum Gasteiger partial charge on any atom is -0.385 e. The first kappa shape index (κ1) is 16.2. The van der Waals surface area contributed by atoms with Crippen molar-refractivity contribution in [2.45, 2.75) is 63.6 Å². The molecule has 0 saturated heterocycles. The summed E-state index contributed by atoms with van der Waals surface area (Å²) in [6, 6.07) is 0. The minimum absolute atomic E-state index is 0.259. The zero-order chi connectivity index (χ0) is 13.4. The number of halogens is 1. The van der Waals surface area contributed by atoms with Gasteiger partial charge in [0.05, 0.1) is 26.8 Å². The molecule has 0 bridgehead atoms. The molecule has 0 spiro atoms. The number of quaternary nitrogens is 1. The molecule has 4 heteroatoms. The van der Waals surface area contributed by atoms with Gasteiger partial charge in [0.25, 0.3) is 0 Å². The number of ether oxygens (including phenoxy) is 1. The van der Waals surface area contributed by atoms with E-state index in [9.17, 15) is 5.11 Å². The fourth-order valence-corrected chi connectivity index (χ4v) is 2.72. The summed E-state index contributed by atoms with van der Waals surface area (Å²) in [5, 5.41) is 9.87. The third kappa shape index (κ3) is 8.30. The van der Waals surface area contributed by atoms with Crippen molar-refractivity contribution in [2.24, 2.45) is 0 Å². The van der Waals surface area contributed by atoms with Gasteiger partial charge in [0.2, 0.25) is 0 Å². The first-order valence-electron chi connectivity index (χ1n) is 7.30. The maximum absolute atomic E-state index is 9.87. The minimum atomic E-state index is -0.467. The first-order chi connectivity index (χ1) is 8.47. The summed E-state index contributed by atoms with van der Waals surface area (Å²) in [5.74, 6) is 0. The van der Waals surface area contributed by atoms with E-state index in [0.717, 1.165) is 12.8 Å². The van der Waals surface area contributed by atoms with Crippen molar-refractivity contribution in [1.29, 1.82) is 0 Å². The molecule has 0 aromatic rings. The van der Waals surface area contributed by atoms with Crippen LogP contribution in [0.2, 0.25) is 0 Å². The van der Waals surface area contributed by atoms with Crippen LogP contribution in [0.15, 0.2) is 0 Å². The molecule has 0 aromatic carbocycles. The lowest BCUT2D eigenvalue weighted by Gasteiger charge is -2.24. The molecule has 0 aliphatic heterocycles. The largest absolute Gasteiger partial charge is 0.385 e. The Bertz CT molecular complexity index is 208. The number of aliphatic hydroxyl groups excluding tert-OH is 1. The van der Waals surface area contributed by atoms with Crippen LogP contribution in [-0.4, -0.2) is 48.6 Å². The van der Waals surface area contributed by atoms with Gasteiger partial charge in [-0.2, -0.15) is 0 Å². The van der Waals surface area contributed by atoms with Gasteiger partial charge in [-0.3, -0.25) is 0 Å². The van der Waals surface area contributed by atoms with Crippen LogP contribution in [0.1, 0.15) is 51.4 Å². The predicted octanol–water partition coefficient (Wildman–Crippen LogP) is 3.10. The van der Waals surface area contributed by atoms with Crippen molar-refractivity contribution < 1.29 is 13.8 Å². The van der Waals surface area contributed by atoms with Crippen LogP contribution < -0.4 is 0 Å². The lowest BCUT2D eigenvalue weighted by Crippen LogP contribution is -2.39. The Balaban J connectivity index is 2.22. The molecule has 3 nitrogen and oxygen atoms in total. The molecule has 108 valence electrons. The topological polar surface area (TPSA) is 29.5 Å². The molecule has 1 fully saturated rings. The van der Waals surface area contributed by atoms with Crippen LogP contribution in [0, 0.1) is 0 Å². The van der Waals surface area contributed by atoms with Crippen molar-refractivity contribution in [2.75, 3.05) is 27.2 Å². The van der Waals surface area contributed by atoms with E-state index in [-0.39, 0.29) is 4.00 Å². The summed E-state index contributed by atoms with van der Waals surface area (Å²) in [5.41, 5.74) is 0. The number of likely N-dealkylation sites (N-methyl/N-ethyl adjacent to an activating group) is 1. The van der Waals surface area contributed by atoms with E-state index in [1.807, 2.05) is 14.1 Å². The normalized spacial score (nSPS) is 22.0. The predicted molar refractivity (Wildman–Crippen MR) is 75.5 cm³/mol. The SMILES string of the molecule is C[N+](C)(Cl)CC(O)COC1CCCCCCCC1. The standard InChI is InChI=1S/C14H29ClNO2/c1-16(2,15)11-13(17)12-18-14-9-7-5-3-4-6-8-10-14/h13-14,17H,3-12H2,1-2H3/q+1. The summed E-state index contributed by atoms with van der Waals surface area (Å²) in [7, 11) is 3.73. The van der Waals surface area contributed by atoms with Crippen LogP contribution >= 0.6 is 11.8 Å². The molecule has 0 aromatic heterocycles. The van der Waals surface area contributed by atoms with Crippen LogP contribution in [0.25, 0.3) is 0 Å². The summed E-state index contributed by atoms with van der Waals surface area (Å²) in [4.78, 5) is 0. The van der Waals surface area contributed by atoms with Gasteiger partial charge in [-0.25, -0.2) is 4.00 Å². The van der Waals surface area contributed by atoms with Crippen LogP contribution in [0.4, 0.5) is 0 Å². The van der Waals surface area contributed by atoms with E-state index in [2.05, 4.69) is 0 Å². The fourth-order valence-electron chi connectivity index (χ4n) is 2.56. The van der Waals surface area contributed by atoms with Gasteiger partial charge < -0.3 is 9.84 Å². The van der Waals surface area contributed by atoms with Gasteiger partial charge >= 0.3 is 0 Å². The van der Waals surface area contributed by atoms with Gasteiger partial charge in [0.15, 0.2) is 11.8 Å². The molecular formula is C14H29ClNO2+. The Morgan fingerprint density at radius 1 is 1.11 bits per heavy atom. The van der Waals surface area contributed by atoms with Crippen LogP contribution in [0.5, 0.6) is 0 Å². The zero-order valence-corrected chi connectivity index (χ0v) is 12.7. The quantitative estimate of drug-likeness (QED) is 0.783. The molecule has 0 radical (unpaired) electrons. The second-order valence-electron chi connectivity index (χ2n) is 6.03. The van der Waals surface area contributed by atoms with Gasteiger partial charge in [-0.05, 0) is 12.8 Å². The molecule has 1 saturated carbocycles. The Kier molecular flexibility index (Phi) is 7.54. The number of nitrogens with zero attached hydrogens (tertiary/aromatic N) is 1. The summed E-state index contributed by atoms with van der Waals surface area (Å²) >= 11 is 6.04. The lowest BCUT2D eigenvalue weighted by atomic mass is 10.1. The van der Waals surface area contributed by atoms with Gasteiger partial charge in [0, 0.05) is 0 Å². The van der Waals surface area contributed by atoms with Crippen molar-refractivity contribution in [3.05, 3.63) is 0 Å². The van der Waals surface area contributed by atoms with Crippen molar-refractivity contribution in [1.82, 2.24) is 0 Å². The van der Waals surface area contributed by atoms with E-state index >= 15 is 0 Å². The van der Waals surface area contributed by atoms with Crippen molar-refractivity contribution in [3.8, 4) is 0 Å². The molecule has 1 aliphatic carbocycles. The highest BCUT2D eigenvalue weighted by Crippen LogP contribution is 2.19. The third-order valence-electron chi connectivity index (χ3n) is 3.47. The summed E-state index contributed by atoms with van der Waals surface area (Å²) in [6.45, 7) is 0.938. The second-order valence-corrected chi connectivity index (χ2v) is 6.94. The Labute approximate surface area is 117 Å². The highest BCUT2D eigenvalue weighted by atomic mass is 35.5. The van der Waals surface area contributed by atoms with Crippen molar-refractivity contribution in [3.63, 3.8) is 0 Å². The lowest BCUT2D eigenvalue weighted by molar-refractivity contribution is -0.776.